The molecule has 0 aliphatic heterocycles. The van der Waals surface area contributed by atoms with Crippen molar-refractivity contribution in [2.45, 2.75) is 97.6 Å². The van der Waals surface area contributed by atoms with E-state index in [2.05, 4.69) is 28.8 Å². The van der Waals surface area contributed by atoms with Gasteiger partial charge in [-0.15, -0.1) is 0 Å². The van der Waals surface area contributed by atoms with Crippen LogP contribution < -0.4 is 0 Å². The predicted molar refractivity (Wildman–Crippen MR) is 98.3 cm³/mol. The van der Waals surface area contributed by atoms with Crippen molar-refractivity contribution in [1.82, 2.24) is 19.7 Å². The van der Waals surface area contributed by atoms with Gasteiger partial charge in [0, 0.05) is 0 Å². The fourth-order valence-electron chi connectivity index (χ4n) is 3.00. The van der Waals surface area contributed by atoms with Crippen molar-refractivity contribution in [3.8, 4) is 0 Å². The van der Waals surface area contributed by atoms with Gasteiger partial charge in [-0.1, -0.05) is 78.1 Å². The third-order valence-electron chi connectivity index (χ3n) is 4.47. The Labute approximate surface area is 143 Å². The third-order valence-corrected chi connectivity index (χ3v) is 4.47. The van der Waals surface area contributed by atoms with Crippen molar-refractivity contribution >= 4 is 0 Å². The van der Waals surface area contributed by atoms with Crippen LogP contribution in [0.25, 0.3) is 0 Å². The van der Waals surface area contributed by atoms with Gasteiger partial charge in [0.2, 0.25) is 0 Å². The van der Waals surface area contributed by atoms with Gasteiger partial charge in [-0.2, -0.15) is 5.10 Å². The first kappa shape index (κ1) is 20.1. The fraction of sp³-hybridized carbons (Fsp3) is 0.895. The highest BCUT2D eigenvalue weighted by Crippen LogP contribution is 2.09. The summed E-state index contributed by atoms with van der Waals surface area (Å²) in [5.41, 5.74) is 0. The molecule has 1 heterocycles. The van der Waals surface area contributed by atoms with Crippen LogP contribution in [-0.2, 0) is 6.67 Å². The van der Waals surface area contributed by atoms with Crippen molar-refractivity contribution in [2.24, 2.45) is 0 Å². The van der Waals surface area contributed by atoms with E-state index in [-0.39, 0.29) is 0 Å². The van der Waals surface area contributed by atoms with Gasteiger partial charge in [-0.05, 0) is 25.9 Å². The fourth-order valence-corrected chi connectivity index (χ4v) is 3.00. The van der Waals surface area contributed by atoms with Crippen molar-refractivity contribution in [2.75, 3.05) is 13.1 Å². The molecule has 0 unspecified atom stereocenters. The molecule has 0 fully saturated rings. The minimum absolute atomic E-state index is 0.893. The first-order chi connectivity index (χ1) is 11.4. The maximum atomic E-state index is 4.26. The second-order valence-electron chi connectivity index (χ2n) is 6.73. The van der Waals surface area contributed by atoms with E-state index in [1.807, 2.05) is 11.0 Å². The lowest BCUT2D eigenvalue weighted by molar-refractivity contribution is 0.198. The average molecular weight is 323 g/mol. The van der Waals surface area contributed by atoms with E-state index >= 15 is 0 Å². The number of unbranched alkanes of at least 4 members (excludes halogenated alkanes) is 10. The molecule has 0 amide bonds. The van der Waals surface area contributed by atoms with Gasteiger partial charge < -0.3 is 0 Å². The van der Waals surface area contributed by atoms with Crippen LogP contribution in [0.5, 0.6) is 0 Å². The minimum Gasteiger partial charge on any atom is -0.284 e. The molecule has 0 N–H and O–H groups in total. The molecule has 0 aliphatic carbocycles. The zero-order valence-electron chi connectivity index (χ0n) is 15.6. The van der Waals surface area contributed by atoms with Crippen LogP contribution in [0.15, 0.2) is 12.7 Å². The van der Waals surface area contributed by atoms with Gasteiger partial charge >= 0.3 is 0 Å². The van der Waals surface area contributed by atoms with Crippen LogP contribution in [0, 0.1) is 0 Å². The quantitative estimate of drug-likeness (QED) is 0.389. The van der Waals surface area contributed by atoms with Gasteiger partial charge in [-0.3, -0.25) is 4.90 Å². The summed E-state index contributed by atoms with van der Waals surface area (Å²) in [5.74, 6) is 0. The third kappa shape index (κ3) is 11.3. The first-order valence-corrected chi connectivity index (χ1v) is 9.91. The molecular weight excluding hydrogens is 284 g/mol. The molecule has 23 heavy (non-hydrogen) atoms. The van der Waals surface area contributed by atoms with Crippen molar-refractivity contribution in [1.29, 1.82) is 0 Å². The average Bonchev–Trinajstić information content (AvgIpc) is 3.06. The zero-order valence-corrected chi connectivity index (χ0v) is 15.6. The summed E-state index contributed by atoms with van der Waals surface area (Å²) in [6, 6.07) is 0. The molecule has 4 heteroatoms. The van der Waals surface area contributed by atoms with E-state index in [9.17, 15) is 0 Å². The summed E-state index contributed by atoms with van der Waals surface area (Å²) in [7, 11) is 0. The molecule has 0 radical (unpaired) electrons. The lowest BCUT2D eigenvalue weighted by atomic mass is 10.1. The summed E-state index contributed by atoms with van der Waals surface area (Å²) in [4.78, 5) is 6.61. The minimum atomic E-state index is 0.893. The maximum Gasteiger partial charge on any atom is 0.137 e. The van der Waals surface area contributed by atoms with E-state index in [1.165, 1.54) is 90.1 Å². The molecule has 4 nitrogen and oxygen atoms in total. The van der Waals surface area contributed by atoms with Crippen LogP contribution in [-0.4, -0.2) is 32.8 Å². The highest BCUT2D eigenvalue weighted by Gasteiger charge is 2.06. The highest BCUT2D eigenvalue weighted by molar-refractivity contribution is 4.60. The maximum absolute atomic E-state index is 4.26. The van der Waals surface area contributed by atoms with Crippen LogP contribution >= 0.6 is 0 Å². The Hall–Kier alpha value is -0.900. The second-order valence-corrected chi connectivity index (χ2v) is 6.73. The Balaban J connectivity index is 2.17. The van der Waals surface area contributed by atoms with Gasteiger partial charge in [0.1, 0.15) is 12.7 Å². The number of rotatable bonds is 16. The Morgan fingerprint density at radius 1 is 0.739 bits per heavy atom. The molecule has 1 aromatic heterocycles. The molecular formula is C19H38N4. The van der Waals surface area contributed by atoms with Crippen molar-refractivity contribution < 1.29 is 0 Å². The summed E-state index contributed by atoms with van der Waals surface area (Å²) in [5, 5.41) is 4.26. The number of hydrogen-bond acceptors (Lipinski definition) is 3. The normalized spacial score (nSPS) is 11.4. The number of hydrogen-bond donors (Lipinski definition) is 0. The lowest BCUT2D eigenvalue weighted by Gasteiger charge is -2.22. The van der Waals surface area contributed by atoms with Crippen LogP contribution in [0.4, 0.5) is 0 Å². The van der Waals surface area contributed by atoms with Crippen LogP contribution in [0.3, 0.4) is 0 Å². The Morgan fingerprint density at radius 2 is 1.26 bits per heavy atom. The molecule has 0 atom stereocenters. The van der Waals surface area contributed by atoms with Crippen molar-refractivity contribution in [3.63, 3.8) is 0 Å². The first-order valence-electron chi connectivity index (χ1n) is 9.91. The van der Waals surface area contributed by atoms with E-state index in [0.29, 0.717) is 0 Å². The van der Waals surface area contributed by atoms with E-state index in [0.717, 1.165) is 6.67 Å². The Kier molecular flexibility index (Phi) is 12.9. The monoisotopic (exact) mass is 322 g/mol. The van der Waals surface area contributed by atoms with Gasteiger partial charge in [-0.25, -0.2) is 9.67 Å². The molecule has 0 saturated heterocycles. The number of nitrogens with zero attached hydrogens (tertiary/aromatic N) is 4. The number of aromatic nitrogens is 3. The largest absolute Gasteiger partial charge is 0.284 e. The molecule has 1 aromatic rings. The van der Waals surface area contributed by atoms with Crippen LogP contribution in [0.1, 0.15) is 90.9 Å². The smallest absolute Gasteiger partial charge is 0.137 e. The molecule has 0 bridgehead atoms. The summed E-state index contributed by atoms with van der Waals surface area (Å²) < 4.78 is 1.95. The van der Waals surface area contributed by atoms with Gasteiger partial charge in [0.05, 0.1) is 6.67 Å². The second kappa shape index (κ2) is 14.7. The molecule has 134 valence electrons. The SMILES string of the molecule is CCCCCCCCN(CCCCCCCC)Cn1cncn1. The Bertz CT molecular complexity index is 321. The van der Waals surface area contributed by atoms with E-state index in [1.54, 1.807) is 6.33 Å². The highest BCUT2D eigenvalue weighted by atomic mass is 15.4. The zero-order chi connectivity index (χ0) is 16.6. The standard InChI is InChI=1S/C19H38N4/c1-3-5-7-9-11-13-15-22(19-23-18-20-17-21-23)16-14-12-10-8-6-4-2/h17-18H,3-16,19H2,1-2H3. The molecule has 0 aromatic carbocycles. The topological polar surface area (TPSA) is 34.0 Å². The summed E-state index contributed by atoms with van der Waals surface area (Å²) in [6.07, 6.45) is 19.8. The van der Waals surface area contributed by atoms with Gasteiger partial charge in [0.25, 0.3) is 0 Å². The predicted octanol–water partition coefficient (Wildman–Crippen LogP) is 5.26. The Morgan fingerprint density at radius 3 is 1.74 bits per heavy atom. The summed E-state index contributed by atoms with van der Waals surface area (Å²) >= 11 is 0. The van der Waals surface area contributed by atoms with E-state index in [4.69, 9.17) is 0 Å². The molecule has 0 aliphatic rings. The lowest BCUT2D eigenvalue weighted by Crippen LogP contribution is -2.29. The summed E-state index contributed by atoms with van der Waals surface area (Å²) in [6.45, 7) is 7.84. The van der Waals surface area contributed by atoms with E-state index < -0.39 is 0 Å². The molecule has 0 saturated carbocycles. The van der Waals surface area contributed by atoms with Crippen LogP contribution in [0.2, 0.25) is 0 Å². The van der Waals surface area contributed by atoms with Crippen molar-refractivity contribution in [3.05, 3.63) is 12.7 Å². The molecule has 0 spiro atoms. The van der Waals surface area contributed by atoms with Gasteiger partial charge in [0.15, 0.2) is 0 Å². The molecule has 1 rings (SSSR count).